The number of carbonyl (C=O) groups excluding carboxylic acids is 1. The lowest BCUT2D eigenvalue weighted by atomic mass is 10.0. The molecule has 0 fully saturated rings. The monoisotopic (exact) mass is 272 g/mol. The van der Waals surface area contributed by atoms with Crippen LogP contribution in [0.1, 0.15) is 27.9 Å². The van der Waals surface area contributed by atoms with Crippen LogP contribution >= 0.6 is 0 Å². The Balaban J connectivity index is 1.99. The summed E-state index contributed by atoms with van der Waals surface area (Å²) in [6.45, 7) is 0. The van der Waals surface area contributed by atoms with Crippen molar-refractivity contribution in [3.05, 3.63) is 51.3 Å². The summed E-state index contributed by atoms with van der Waals surface area (Å²) in [5, 5.41) is 0. The molecule has 2 rings (SSSR count). The molecule has 5 N–H and O–H groups in total. The minimum absolute atomic E-state index is 0.0284. The number of nitrogens with two attached hydrogens (primary N) is 2. The first-order valence-electron chi connectivity index (χ1n) is 6.28. The maximum absolute atomic E-state index is 11.7. The average molecular weight is 272 g/mol. The summed E-state index contributed by atoms with van der Waals surface area (Å²) >= 11 is 0. The van der Waals surface area contributed by atoms with Crippen molar-refractivity contribution >= 4 is 18.1 Å². The van der Waals surface area contributed by atoms with Gasteiger partial charge in [0.15, 0.2) is 0 Å². The minimum atomic E-state index is -0.286. The van der Waals surface area contributed by atoms with Crippen LogP contribution in [0, 0.1) is 0 Å². The number of anilines is 2. The quantitative estimate of drug-likeness (QED) is 0.700. The van der Waals surface area contributed by atoms with Gasteiger partial charge in [-0.1, -0.05) is 24.3 Å². The van der Waals surface area contributed by atoms with Crippen molar-refractivity contribution in [1.29, 1.82) is 0 Å². The predicted molar refractivity (Wildman–Crippen MR) is 77.5 cm³/mol. The van der Waals surface area contributed by atoms with E-state index in [0.717, 1.165) is 24.7 Å². The molecule has 0 spiro atoms. The van der Waals surface area contributed by atoms with E-state index in [-0.39, 0.29) is 17.3 Å². The van der Waals surface area contributed by atoms with Crippen molar-refractivity contribution in [3.63, 3.8) is 0 Å². The van der Waals surface area contributed by atoms with Crippen LogP contribution in [0.15, 0.2) is 29.1 Å². The summed E-state index contributed by atoms with van der Waals surface area (Å²) in [7, 11) is 0. The van der Waals surface area contributed by atoms with E-state index >= 15 is 0 Å². The molecule has 0 radical (unpaired) electrons. The molecule has 0 atom stereocenters. The fourth-order valence-electron chi connectivity index (χ4n) is 2.01. The molecule has 0 saturated carbocycles. The first-order valence-corrected chi connectivity index (χ1v) is 6.28. The van der Waals surface area contributed by atoms with E-state index in [2.05, 4.69) is 9.97 Å². The molecule has 0 aliphatic carbocycles. The Morgan fingerprint density at radius 1 is 1.15 bits per heavy atom. The zero-order valence-electron chi connectivity index (χ0n) is 10.9. The van der Waals surface area contributed by atoms with Crippen LogP contribution < -0.4 is 17.0 Å². The number of hydrogen-bond donors (Lipinski definition) is 3. The fraction of sp³-hybridized carbons (Fsp3) is 0.214. The Morgan fingerprint density at radius 3 is 2.45 bits per heavy atom. The van der Waals surface area contributed by atoms with E-state index in [4.69, 9.17) is 11.5 Å². The highest BCUT2D eigenvalue weighted by Crippen LogP contribution is 2.10. The number of aldehydes is 1. The van der Waals surface area contributed by atoms with Gasteiger partial charge in [0.2, 0.25) is 5.95 Å². The molecule has 104 valence electrons. The third kappa shape index (κ3) is 3.23. The Labute approximate surface area is 115 Å². The van der Waals surface area contributed by atoms with E-state index < -0.39 is 0 Å². The molecular weight excluding hydrogens is 256 g/mol. The van der Waals surface area contributed by atoms with Crippen molar-refractivity contribution in [1.82, 2.24) is 9.97 Å². The molecule has 2 aromatic rings. The number of nitrogens with one attached hydrogen (secondary N) is 1. The molecule has 0 bridgehead atoms. The molecule has 1 aromatic heterocycles. The third-order valence-electron chi connectivity index (χ3n) is 3.07. The maximum atomic E-state index is 11.7. The summed E-state index contributed by atoms with van der Waals surface area (Å²) in [4.78, 5) is 28.5. The minimum Gasteiger partial charge on any atom is -0.383 e. The van der Waals surface area contributed by atoms with Gasteiger partial charge >= 0.3 is 0 Å². The largest absolute Gasteiger partial charge is 0.383 e. The molecule has 1 heterocycles. The molecule has 0 unspecified atom stereocenters. The SMILES string of the molecule is Nc1nc(N)c(CCCc2ccc(C=O)cc2)c(=O)[nH]1. The Morgan fingerprint density at radius 2 is 1.85 bits per heavy atom. The van der Waals surface area contributed by atoms with Gasteiger partial charge in [-0.15, -0.1) is 0 Å². The van der Waals surface area contributed by atoms with Crippen molar-refractivity contribution in [2.45, 2.75) is 19.3 Å². The Hall–Kier alpha value is -2.63. The first kappa shape index (κ1) is 13.8. The van der Waals surface area contributed by atoms with Crippen molar-refractivity contribution in [2.75, 3.05) is 11.5 Å². The van der Waals surface area contributed by atoms with Gasteiger partial charge in [-0.3, -0.25) is 14.6 Å². The predicted octanol–water partition coefficient (Wildman–Crippen LogP) is 0.922. The number of carbonyl (C=O) groups is 1. The summed E-state index contributed by atoms with van der Waals surface area (Å²) in [6.07, 6.45) is 2.90. The highest BCUT2D eigenvalue weighted by molar-refractivity contribution is 5.74. The lowest BCUT2D eigenvalue weighted by Gasteiger charge is -2.05. The molecule has 6 heteroatoms. The number of nitrogens with zero attached hydrogens (tertiary/aromatic N) is 1. The van der Waals surface area contributed by atoms with Gasteiger partial charge in [-0.25, -0.2) is 0 Å². The van der Waals surface area contributed by atoms with E-state index in [1.54, 1.807) is 12.1 Å². The van der Waals surface area contributed by atoms with E-state index in [1.807, 2.05) is 12.1 Å². The average Bonchev–Trinajstić information content (AvgIpc) is 2.42. The Bertz CT molecular complexity index is 662. The smallest absolute Gasteiger partial charge is 0.257 e. The molecule has 0 aliphatic heterocycles. The molecule has 20 heavy (non-hydrogen) atoms. The topological polar surface area (TPSA) is 115 Å². The zero-order valence-corrected chi connectivity index (χ0v) is 10.9. The van der Waals surface area contributed by atoms with Gasteiger partial charge in [-0.2, -0.15) is 4.98 Å². The van der Waals surface area contributed by atoms with Crippen LogP contribution in [0.5, 0.6) is 0 Å². The number of aromatic nitrogens is 2. The van der Waals surface area contributed by atoms with Crippen LogP contribution in [0.4, 0.5) is 11.8 Å². The molecule has 0 aliphatic rings. The second-order valence-corrected chi connectivity index (χ2v) is 4.53. The number of aryl methyl sites for hydroxylation is 1. The van der Waals surface area contributed by atoms with Crippen molar-refractivity contribution < 1.29 is 4.79 Å². The summed E-state index contributed by atoms with van der Waals surface area (Å²) in [6, 6.07) is 7.35. The van der Waals surface area contributed by atoms with Gasteiger partial charge < -0.3 is 11.5 Å². The van der Waals surface area contributed by atoms with Crippen LogP contribution in [0.25, 0.3) is 0 Å². The van der Waals surface area contributed by atoms with Crippen LogP contribution in [0.3, 0.4) is 0 Å². The molecule has 0 amide bonds. The number of hydrogen-bond acceptors (Lipinski definition) is 5. The van der Waals surface area contributed by atoms with Gasteiger partial charge in [0, 0.05) is 5.56 Å². The first-order chi connectivity index (χ1) is 9.60. The third-order valence-corrected chi connectivity index (χ3v) is 3.07. The van der Waals surface area contributed by atoms with Gasteiger partial charge in [0.25, 0.3) is 5.56 Å². The fourth-order valence-corrected chi connectivity index (χ4v) is 2.01. The summed E-state index contributed by atoms with van der Waals surface area (Å²) < 4.78 is 0. The lowest BCUT2D eigenvalue weighted by Crippen LogP contribution is -2.19. The normalized spacial score (nSPS) is 10.4. The highest BCUT2D eigenvalue weighted by Gasteiger charge is 2.07. The molecule has 1 aromatic carbocycles. The van der Waals surface area contributed by atoms with Gasteiger partial charge in [0.05, 0.1) is 5.56 Å². The van der Waals surface area contributed by atoms with Crippen molar-refractivity contribution in [3.8, 4) is 0 Å². The van der Waals surface area contributed by atoms with Crippen molar-refractivity contribution in [2.24, 2.45) is 0 Å². The van der Waals surface area contributed by atoms with E-state index in [0.29, 0.717) is 17.5 Å². The lowest BCUT2D eigenvalue weighted by molar-refractivity contribution is 0.112. The molecule has 6 nitrogen and oxygen atoms in total. The molecular formula is C14H16N4O2. The number of benzene rings is 1. The van der Waals surface area contributed by atoms with Crippen LogP contribution in [-0.2, 0) is 12.8 Å². The highest BCUT2D eigenvalue weighted by atomic mass is 16.1. The maximum Gasteiger partial charge on any atom is 0.257 e. The van der Waals surface area contributed by atoms with Crippen LogP contribution in [0.2, 0.25) is 0 Å². The number of rotatable bonds is 5. The van der Waals surface area contributed by atoms with E-state index in [9.17, 15) is 9.59 Å². The second kappa shape index (κ2) is 6.01. The second-order valence-electron chi connectivity index (χ2n) is 4.53. The summed E-state index contributed by atoms with van der Waals surface area (Å²) in [5.74, 6) is 0.211. The van der Waals surface area contributed by atoms with E-state index in [1.165, 1.54) is 0 Å². The van der Waals surface area contributed by atoms with Gasteiger partial charge in [0.1, 0.15) is 12.1 Å². The number of aromatic amines is 1. The molecule has 0 saturated heterocycles. The Kier molecular flexibility index (Phi) is 4.14. The summed E-state index contributed by atoms with van der Waals surface area (Å²) in [5.41, 5.74) is 13.0. The zero-order chi connectivity index (χ0) is 14.5. The number of H-pyrrole nitrogens is 1. The standard InChI is InChI=1S/C14H16N4O2/c15-12-11(13(20)18-14(16)17-12)3-1-2-9-4-6-10(8-19)7-5-9/h4-8H,1-3H2,(H5,15,16,17,18,20). The van der Waals surface area contributed by atoms with Crippen LogP contribution in [-0.4, -0.2) is 16.3 Å². The number of nitrogen functional groups attached to an aromatic ring is 2. The van der Waals surface area contributed by atoms with Gasteiger partial charge in [-0.05, 0) is 24.8 Å².